The van der Waals surface area contributed by atoms with Gasteiger partial charge in [0.25, 0.3) is 0 Å². The van der Waals surface area contributed by atoms with E-state index >= 15 is 0 Å². The molecular weight excluding hydrogens is 368 g/mol. The van der Waals surface area contributed by atoms with Crippen molar-refractivity contribution in [1.82, 2.24) is 4.98 Å². The number of hydrogen-bond acceptors (Lipinski definition) is 4. The Balaban J connectivity index is 0.000000494. The zero-order valence-electron chi connectivity index (χ0n) is 8.96. The molecule has 102 valence electrons. The van der Waals surface area contributed by atoms with Crippen molar-refractivity contribution in [2.45, 2.75) is 13.8 Å². The molecular formula is C7H6Cl5N2O3P. The molecule has 0 radical (unpaired) electrons. The minimum atomic E-state index is -3.22. The number of nitrogens with zero attached hydrogens (tertiary/aromatic N) is 2. The smallest absolute Gasteiger partial charge is 0.271 e. The van der Waals surface area contributed by atoms with Crippen LogP contribution in [0.15, 0.2) is 0 Å². The van der Waals surface area contributed by atoms with Gasteiger partial charge in [-0.1, -0.05) is 23.2 Å². The van der Waals surface area contributed by atoms with Gasteiger partial charge >= 0.3 is 10.9 Å². The summed E-state index contributed by atoms with van der Waals surface area (Å²) in [6.45, 7) is 3.35. The number of hydrogen-bond donors (Lipinski definition) is 0. The number of pyridine rings is 1. The summed E-state index contributed by atoms with van der Waals surface area (Å²) < 4.78 is 9.51. The highest BCUT2D eigenvalue weighted by Gasteiger charge is 2.22. The second-order valence-corrected chi connectivity index (χ2v) is 10.3. The van der Waals surface area contributed by atoms with Crippen LogP contribution in [-0.2, 0) is 4.57 Å². The predicted octanol–water partition coefficient (Wildman–Crippen LogP) is 5.72. The lowest BCUT2D eigenvalue weighted by Gasteiger charge is -2.03. The second-order valence-electron chi connectivity index (χ2n) is 2.93. The van der Waals surface area contributed by atoms with Gasteiger partial charge in [0.05, 0.1) is 4.92 Å². The van der Waals surface area contributed by atoms with E-state index in [0.717, 1.165) is 0 Å². The summed E-state index contributed by atoms with van der Waals surface area (Å²) in [5.41, 5.74) is 0.852. The van der Waals surface area contributed by atoms with Crippen molar-refractivity contribution in [3.8, 4) is 0 Å². The van der Waals surface area contributed by atoms with Crippen LogP contribution >= 0.6 is 62.1 Å². The summed E-state index contributed by atoms with van der Waals surface area (Å²) in [5, 5.41) is 7.17. The zero-order valence-corrected chi connectivity index (χ0v) is 13.6. The molecule has 0 aliphatic carbocycles. The van der Waals surface area contributed by atoms with E-state index in [4.69, 9.17) is 23.2 Å². The van der Waals surface area contributed by atoms with E-state index in [1.807, 2.05) is 0 Å². The minimum absolute atomic E-state index is 0.0579. The summed E-state index contributed by atoms with van der Waals surface area (Å²) in [6.07, 6.45) is 0. The molecule has 1 aromatic heterocycles. The molecule has 0 aromatic carbocycles. The number of nitro groups is 1. The predicted molar refractivity (Wildman–Crippen MR) is 75.6 cm³/mol. The normalized spacial score (nSPS) is 10.6. The first-order valence-electron chi connectivity index (χ1n) is 4.10. The van der Waals surface area contributed by atoms with Crippen LogP contribution in [0.25, 0.3) is 0 Å². The molecule has 1 rings (SSSR count). The first-order valence-corrected chi connectivity index (χ1v) is 9.28. The summed E-state index contributed by atoms with van der Waals surface area (Å²) in [7, 11) is 0. The molecule has 0 aliphatic rings. The molecule has 0 aliphatic heterocycles. The number of rotatable bonds is 1. The van der Waals surface area contributed by atoms with Crippen LogP contribution in [0.4, 0.5) is 5.69 Å². The van der Waals surface area contributed by atoms with Gasteiger partial charge in [0.2, 0.25) is 5.15 Å². The van der Waals surface area contributed by atoms with Crippen LogP contribution in [-0.4, -0.2) is 9.91 Å². The van der Waals surface area contributed by atoms with Gasteiger partial charge in [0.15, 0.2) is 0 Å². The summed E-state index contributed by atoms with van der Waals surface area (Å²) >= 11 is 25.1. The SMILES string of the molecule is Cc1nc(Cl)c([N+](=O)[O-])c(Cl)c1C.O=P(Cl)(Cl)Cl. The van der Waals surface area contributed by atoms with Crippen molar-refractivity contribution in [1.29, 1.82) is 0 Å². The molecule has 0 bridgehead atoms. The van der Waals surface area contributed by atoms with Gasteiger partial charge in [-0.2, -0.15) is 0 Å². The lowest BCUT2D eigenvalue weighted by Crippen LogP contribution is -1.97. The molecule has 0 saturated heterocycles. The summed E-state index contributed by atoms with van der Waals surface area (Å²) in [5.74, 6) is 0. The maximum atomic E-state index is 10.5. The van der Waals surface area contributed by atoms with Gasteiger partial charge in [0, 0.05) is 5.69 Å². The molecule has 0 saturated carbocycles. The zero-order chi connectivity index (χ0) is 14.7. The van der Waals surface area contributed by atoms with E-state index in [0.29, 0.717) is 11.3 Å². The van der Waals surface area contributed by atoms with Crippen molar-refractivity contribution in [2.75, 3.05) is 0 Å². The topological polar surface area (TPSA) is 73.1 Å². The Morgan fingerprint density at radius 2 is 1.61 bits per heavy atom. The van der Waals surface area contributed by atoms with Crippen molar-refractivity contribution in [2.24, 2.45) is 0 Å². The van der Waals surface area contributed by atoms with Gasteiger partial charge in [-0.15, -0.1) is 0 Å². The maximum absolute atomic E-state index is 10.5. The van der Waals surface area contributed by atoms with E-state index in [1.165, 1.54) is 0 Å². The quantitative estimate of drug-likeness (QED) is 0.272. The minimum Gasteiger partial charge on any atom is -0.271 e. The average Bonchev–Trinajstić information content (AvgIpc) is 2.10. The Labute approximate surface area is 127 Å². The third-order valence-corrected chi connectivity index (χ3v) is 2.45. The molecule has 0 amide bonds. The van der Waals surface area contributed by atoms with E-state index in [9.17, 15) is 14.7 Å². The van der Waals surface area contributed by atoms with Gasteiger partial charge in [0.1, 0.15) is 5.02 Å². The standard InChI is InChI=1S/C7H6Cl2N2O2.Cl3OP/c1-3-4(2)10-7(9)6(5(3)8)11(12)13;1-5(2,3)4/h1-2H3;. The Morgan fingerprint density at radius 3 is 1.94 bits per heavy atom. The van der Waals surface area contributed by atoms with Gasteiger partial charge < -0.3 is 0 Å². The van der Waals surface area contributed by atoms with Crippen LogP contribution in [0, 0.1) is 24.0 Å². The van der Waals surface area contributed by atoms with Crippen molar-refractivity contribution in [3.05, 3.63) is 31.5 Å². The lowest BCUT2D eigenvalue weighted by atomic mass is 10.2. The molecule has 0 unspecified atom stereocenters. The van der Waals surface area contributed by atoms with Crippen LogP contribution in [0.3, 0.4) is 0 Å². The van der Waals surface area contributed by atoms with Crippen LogP contribution in [0.1, 0.15) is 11.3 Å². The van der Waals surface area contributed by atoms with Gasteiger partial charge in [-0.05, 0) is 53.1 Å². The largest absolute Gasteiger partial charge is 0.339 e. The molecule has 1 heterocycles. The van der Waals surface area contributed by atoms with E-state index in [1.54, 1.807) is 13.8 Å². The summed E-state index contributed by atoms with van der Waals surface area (Å²) in [4.78, 5) is 13.7. The Morgan fingerprint density at radius 1 is 1.22 bits per heavy atom. The fourth-order valence-electron chi connectivity index (χ4n) is 0.867. The fraction of sp³-hybridized carbons (Fsp3) is 0.286. The highest BCUT2D eigenvalue weighted by atomic mass is 36.0. The molecule has 1 aromatic rings. The molecule has 18 heavy (non-hydrogen) atoms. The summed E-state index contributed by atoms with van der Waals surface area (Å²) in [6, 6.07) is 0. The Hall–Kier alpha value is 0.230. The third kappa shape index (κ3) is 6.41. The molecule has 0 spiro atoms. The maximum Gasteiger partial charge on any atom is 0.339 e. The van der Waals surface area contributed by atoms with E-state index < -0.39 is 10.1 Å². The van der Waals surface area contributed by atoms with Crippen LogP contribution < -0.4 is 0 Å². The highest BCUT2D eigenvalue weighted by Crippen LogP contribution is 2.61. The first-order chi connectivity index (χ1) is 7.95. The lowest BCUT2D eigenvalue weighted by molar-refractivity contribution is -0.384. The van der Waals surface area contributed by atoms with Crippen LogP contribution in [0.5, 0.6) is 0 Å². The highest BCUT2D eigenvalue weighted by molar-refractivity contribution is 8.24. The first kappa shape index (κ1) is 18.2. The van der Waals surface area contributed by atoms with E-state index in [2.05, 4.69) is 38.7 Å². The number of aryl methyl sites for hydroxylation is 1. The molecule has 0 N–H and O–H groups in total. The average molecular weight is 374 g/mol. The van der Waals surface area contributed by atoms with Gasteiger partial charge in [-0.25, -0.2) is 4.98 Å². The second kappa shape index (κ2) is 7.13. The van der Waals surface area contributed by atoms with Gasteiger partial charge in [-0.3, -0.25) is 14.7 Å². The van der Waals surface area contributed by atoms with Crippen molar-refractivity contribution >= 4 is 67.8 Å². The monoisotopic (exact) mass is 372 g/mol. The van der Waals surface area contributed by atoms with Crippen molar-refractivity contribution < 1.29 is 9.49 Å². The molecule has 0 fully saturated rings. The molecule has 5 nitrogen and oxygen atoms in total. The van der Waals surface area contributed by atoms with Crippen molar-refractivity contribution in [3.63, 3.8) is 0 Å². The molecule has 11 heteroatoms. The molecule has 0 atom stereocenters. The third-order valence-electron chi connectivity index (χ3n) is 1.72. The Bertz CT molecular complexity index is 510. The van der Waals surface area contributed by atoms with E-state index in [-0.39, 0.29) is 15.9 Å². The fourth-order valence-corrected chi connectivity index (χ4v) is 1.50. The van der Waals surface area contributed by atoms with Crippen LogP contribution in [0.2, 0.25) is 10.2 Å². The number of aromatic nitrogens is 1. The Kier molecular flexibility index (Phi) is 7.22. The number of halogens is 5.